The molecular formula is C12H21Cl2O4Sn. The normalized spacial score (nSPS) is 10.8. The Bertz CT molecular complexity index is 252. The number of hydrogen-bond donors (Lipinski definition) is 0. The molecule has 0 saturated carbocycles. The van der Waals surface area contributed by atoms with Crippen LogP contribution in [0.15, 0.2) is 0 Å². The van der Waals surface area contributed by atoms with E-state index in [1.165, 1.54) is 0 Å². The minimum absolute atomic E-state index is 0.210. The van der Waals surface area contributed by atoms with Gasteiger partial charge in [-0.2, -0.15) is 0 Å². The van der Waals surface area contributed by atoms with Gasteiger partial charge in [0.2, 0.25) is 0 Å². The molecule has 0 spiro atoms. The minimum atomic E-state index is -2.61. The van der Waals surface area contributed by atoms with E-state index in [4.69, 9.17) is 27.3 Å². The standard InChI is InChI=1S/C12H21O4.2ClH.Sn/c1-4-6-8-15-11(13)10(3)12(14)16-9-7-5-2;;;/h10H,3-9H2,1-2H3;2*1H;/q;;;+2/p-2. The van der Waals surface area contributed by atoms with Crippen molar-refractivity contribution in [2.24, 2.45) is 5.92 Å². The molecule has 4 nitrogen and oxygen atoms in total. The molecule has 0 bridgehead atoms. The van der Waals surface area contributed by atoms with E-state index in [-0.39, 0.29) is 4.44 Å². The zero-order valence-electron chi connectivity index (χ0n) is 11.4. The Balaban J connectivity index is 4.34. The summed E-state index contributed by atoms with van der Waals surface area (Å²) >= 11 is -2.61. The van der Waals surface area contributed by atoms with Crippen molar-refractivity contribution in [1.82, 2.24) is 0 Å². The number of esters is 2. The Morgan fingerprint density at radius 1 is 1.00 bits per heavy atom. The summed E-state index contributed by atoms with van der Waals surface area (Å²) in [4.78, 5) is 23.6. The molecule has 0 aliphatic rings. The van der Waals surface area contributed by atoms with Crippen LogP contribution in [0.25, 0.3) is 0 Å². The van der Waals surface area contributed by atoms with Crippen molar-refractivity contribution < 1.29 is 19.1 Å². The van der Waals surface area contributed by atoms with E-state index in [1.54, 1.807) is 0 Å². The van der Waals surface area contributed by atoms with Gasteiger partial charge in [0.15, 0.2) is 0 Å². The Hall–Kier alpha value is 0.319. The molecule has 0 amide bonds. The molecule has 0 rings (SSSR count). The molecule has 1 radical (unpaired) electrons. The third-order valence-corrected chi connectivity index (χ3v) is 6.53. The van der Waals surface area contributed by atoms with Gasteiger partial charge < -0.3 is 0 Å². The van der Waals surface area contributed by atoms with Crippen LogP contribution in [0, 0.1) is 5.92 Å². The Morgan fingerprint density at radius 3 is 1.74 bits per heavy atom. The second kappa shape index (κ2) is 12.1. The maximum atomic E-state index is 11.8. The molecule has 0 N–H and O–H groups in total. The summed E-state index contributed by atoms with van der Waals surface area (Å²) in [6.45, 7) is 4.62. The number of hydrogen-bond acceptors (Lipinski definition) is 4. The zero-order valence-corrected chi connectivity index (χ0v) is 15.8. The fourth-order valence-electron chi connectivity index (χ4n) is 1.25. The summed E-state index contributed by atoms with van der Waals surface area (Å²) < 4.78 is 10.3. The van der Waals surface area contributed by atoms with E-state index < -0.39 is 35.4 Å². The maximum absolute atomic E-state index is 11.8. The SMILES string of the molecule is CCCCOC(=O)C([CH2][Sn]([Cl])[Cl])C(=O)OCCCC. The van der Waals surface area contributed by atoms with Crippen molar-refractivity contribution in [2.45, 2.75) is 44.0 Å². The molecule has 0 heterocycles. The van der Waals surface area contributed by atoms with Crippen LogP contribution in [0.5, 0.6) is 0 Å². The molecule has 111 valence electrons. The van der Waals surface area contributed by atoms with Crippen molar-refractivity contribution in [1.29, 1.82) is 0 Å². The van der Waals surface area contributed by atoms with Gasteiger partial charge in [0, 0.05) is 0 Å². The van der Waals surface area contributed by atoms with E-state index in [2.05, 4.69) is 0 Å². The van der Waals surface area contributed by atoms with Gasteiger partial charge in [0.05, 0.1) is 0 Å². The zero-order chi connectivity index (χ0) is 14.7. The van der Waals surface area contributed by atoms with Gasteiger partial charge in [0.1, 0.15) is 0 Å². The number of ether oxygens (including phenoxy) is 2. The third-order valence-electron chi connectivity index (χ3n) is 2.41. The Kier molecular flexibility index (Phi) is 12.3. The fourth-order valence-corrected chi connectivity index (χ4v) is 5.15. The molecule has 0 aliphatic carbocycles. The number of rotatable bonds is 10. The van der Waals surface area contributed by atoms with E-state index >= 15 is 0 Å². The topological polar surface area (TPSA) is 52.6 Å². The molecule has 0 aliphatic heterocycles. The van der Waals surface area contributed by atoms with Gasteiger partial charge in [0.25, 0.3) is 0 Å². The van der Waals surface area contributed by atoms with Crippen LogP contribution < -0.4 is 0 Å². The van der Waals surface area contributed by atoms with Gasteiger partial charge in [-0.05, 0) is 0 Å². The van der Waals surface area contributed by atoms with E-state index in [0.29, 0.717) is 13.2 Å². The summed E-state index contributed by atoms with van der Waals surface area (Å²) in [5.41, 5.74) is 0. The monoisotopic (exact) mass is 419 g/mol. The average Bonchev–Trinajstić information content (AvgIpc) is 2.36. The molecule has 0 aromatic rings. The summed E-state index contributed by atoms with van der Waals surface area (Å²) in [5.74, 6) is -2.07. The van der Waals surface area contributed by atoms with Gasteiger partial charge in [-0.3, -0.25) is 0 Å². The summed E-state index contributed by atoms with van der Waals surface area (Å²) in [5, 5.41) is 0. The van der Waals surface area contributed by atoms with Gasteiger partial charge in [-0.15, -0.1) is 0 Å². The van der Waals surface area contributed by atoms with Crippen molar-refractivity contribution in [3.63, 3.8) is 0 Å². The summed E-state index contributed by atoms with van der Waals surface area (Å²) in [6.07, 6.45) is 3.39. The van der Waals surface area contributed by atoms with Gasteiger partial charge >= 0.3 is 129 Å². The Morgan fingerprint density at radius 2 is 1.42 bits per heavy atom. The summed E-state index contributed by atoms with van der Waals surface area (Å²) in [7, 11) is 11.7. The first kappa shape index (κ1) is 19.3. The third kappa shape index (κ3) is 9.79. The quantitative estimate of drug-likeness (QED) is 0.236. The second-order valence-corrected chi connectivity index (χ2v) is 14.7. The number of carbonyl (C=O) groups is 2. The predicted octanol–water partition coefficient (Wildman–Crippen LogP) is 3.26. The number of halogens is 2. The van der Waals surface area contributed by atoms with Crippen molar-refractivity contribution >= 4 is 47.3 Å². The van der Waals surface area contributed by atoms with E-state index in [1.807, 2.05) is 13.8 Å². The first-order chi connectivity index (χ1) is 9.02. The van der Waals surface area contributed by atoms with E-state index in [0.717, 1.165) is 25.7 Å². The molecular weight excluding hydrogens is 398 g/mol. The van der Waals surface area contributed by atoms with Crippen LogP contribution in [-0.2, 0) is 19.1 Å². The second-order valence-electron chi connectivity index (χ2n) is 4.14. The molecule has 0 unspecified atom stereocenters. The van der Waals surface area contributed by atoms with Gasteiger partial charge in [-0.25, -0.2) is 0 Å². The molecule has 0 atom stereocenters. The first-order valence-corrected chi connectivity index (χ1v) is 15.8. The predicted molar refractivity (Wildman–Crippen MR) is 77.5 cm³/mol. The van der Waals surface area contributed by atoms with Crippen LogP contribution in [0.1, 0.15) is 39.5 Å². The van der Waals surface area contributed by atoms with Crippen LogP contribution in [0.4, 0.5) is 0 Å². The van der Waals surface area contributed by atoms with Crippen LogP contribution in [0.3, 0.4) is 0 Å². The number of carbonyl (C=O) groups excluding carboxylic acids is 2. The molecule has 0 aromatic heterocycles. The van der Waals surface area contributed by atoms with Gasteiger partial charge in [-0.1, -0.05) is 0 Å². The van der Waals surface area contributed by atoms with Crippen LogP contribution >= 0.6 is 17.8 Å². The number of unbranched alkanes of at least 4 members (excludes halogenated alkanes) is 2. The molecule has 0 fully saturated rings. The summed E-state index contributed by atoms with van der Waals surface area (Å²) in [6, 6.07) is 0. The van der Waals surface area contributed by atoms with E-state index in [9.17, 15) is 9.59 Å². The first-order valence-electron chi connectivity index (χ1n) is 6.53. The molecule has 0 aromatic carbocycles. The molecule has 0 saturated heterocycles. The van der Waals surface area contributed by atoms with Crippen LogP contribution in [-0.4, -0.2) is 42.7 Å². The van der Waals surface area contributed by atoms with Crippen LogP contribution in [0.2, 0.25) is 4.44 Å². The fraction of sp³-hybridized carbons (Fsp3) is 0.833. The van der Waals surface area contributed by atoms with Crippen molar-refractivity contribution in [3.05, 3.63) is 0 Å². The van der Waals surface area contributed by atoms with Crippen molar-refractivity contribution in [2.75, 3.05) is 13.2 Å². The average molecular weight is 419 g/mol. The molecule has 7 heteroatoms. The molecule has 19 heavy (non-hydrogen) atoms. The van der Waals surface area contributed by atoms with Crippen molar-refractivity contribution in [3.8, 4) is 0 Å². The Labute approximate surface area is 129 Å².